The number of carbonyl (C=O) groups excluding carboxylic acids is 1. The van der Waals surface area contributed by atoms with Crippen LogP contribution in [-0.2, 0) is 12.4 Å². The Morgan fingerprint density at radius 1 is 1.04 bits per heavy atom. The van der Waals surface area contributed by atoms with Gasteiger partial charge in [0.2, 0.25) is 0 Å². The summed E-state index contributed by atoms with van der Waals surface area (Å²) in [6.07, 6.45) is -6.61. The number of halogens is 8. The number of para-hydroxylation sites is 1. The smallest absolute Gasteiger partial charge is 0.417 e. The number of oxazole rings is 1. The van der Waals surface area contributed by atoms with Crippen LogP contribution in [0.3, 0.4) is 0 Å². The molecular weight excluding hydrogens is 632 g/mol. The van der Waals surface area contributed by atoms with E-state index in [0.717, 1.165) is 11.0 Å². The van der Waals surface area contributed by atoms with Crippen LogP contribution in [-0.4, -0.2) is 38.5 Å². The molecule has 4 aromatic rings. The molecule has 1 aliphatic rings. The molecule has 0 spiro atoms. The fraction of sp³-hybridized carbons (Fsp3) is 0.233. The molecule has 8 nitrogen and oxygen atoms in total. The second kappa shape index (κ2) is 11.3. The van der Waals surface area contributed by atoms with Crippen molar-refractivity contribution in [3.05, 3.63) is 105 Å². The molecule has 0 unspecified atom stereocenters. The van der Waals surface area contributed by atoms with E-state index in [1.807, 2.05) is 0 Å². The maximum absolute atomic E-state index is 14.3. The first-order valence-electron chi connectivity index (χ1n) is 13.3. The van der Waals surface area contributed by atoms with Gasteiger partial charge in [-0.05, 0) is 55.0 Å². The molecule has 1 amide bonds. The third-order valence-electron chi connectivity index (χ3n) is 6.91. The monoisotopic (exact) mass is 654 g/mol. The third-order valence-corrected chi connectivity index (χ3v) is 6.91. The average Bonchev–Trinajstić information content (AvgIpc) is 3.62. The summed E-state index contributed by atoms with van der Waals surface area (Å²) in [5.74, 6) is -6.00. The number of alkyl halides is 8. The van der Waals surface area contributed by atoms with Gasteiger partial charge in [0.1, 0.15) is 11.5 Å². The van der Waals surface area contributed by atoms with E-state index in [9.17, 15) is 44.7 Å². The first-order valence-corrected chi connectivity index (χ1v) is 13.3. The maximum Gasteiger partial charge on any atom is 0.417 e. The van der Waals surface area contributed by atoms with E-state index < -0.39 is 59.4 Å². The van der Waals surface area contributed by atoms with Crippen molar-refractivity contribution in [3.63, 3.8) is 0 Å². The maximum atomic E-state index is 14.3. The molecule has 0 saturated carbocycles. The van der Waals surface area contributed by atoms with E-state index in [4.69, 9.17) is 9.15 Å². The summed E-state index contributed by atoms with van der Waals surface area (Å²) in [5, 5.41) is 6.72. The van der Waals surface area contributed by atoms with Crippen molar-refractivity contribution in [2.24, 2.45) is 0 Å². The van der Waals surface area contributed by atoms with Crippen LogP contribution < -0.4 is 10.5 Å². The van der Waals surface area contributed by atoms with Gasteiger partial charge in [0.15, 0.2) is 11.3 Å². The van der Waals surface area contributed by atoms with Gasteiger partial charge in [0.05, 0.1) is 34.9 Å². The van der Waals surface area contributed by atoms with Crippen molar-refractivity contribution in [2.75, 3.05) is 6.54 Å². The van der Waals surface area contributed by atoms with Gasteiger partial charge < -0.3 is 14.1 Å². The van der Waals surface area contributed by atoms with Crippen molar-refractivity contribution >= 4 is 17.0 Å². The Balaban J connectivity index is 1.53. The molecule has 0 aliphatic carbocycles. The molecule has 16 heteroatoms. The SMILES string of the molecule is C=C(/C=C\C(=C/C)Oc1cc(C(F)(F)F)cc(C(F)(F)F)c1)[C@H]1c2c(n[nH]c2-c2cccc3[nH]c(=O)oc23)C(=O)N1CC(C)(F)F. The molecule has 2 aromatic heterocycles. The van der Waals surface area contributed by atoms with E-state index in [-0.39, 0.29) is 45.5 Å². The van der Waals surface area contributed by atoms with Crippen LogP contribution in [0.25, 0.3) is 22.4 Å². The van der Waals surface area contributed by atoms with Crippen molar-refractivity contribution in [3.8, 4) is 17.0 Å². The molecule has 2 aromatic carbocycles. The molecule has 0 fully saturated rings. The van der Waals surface area contributed by atoms with Crippen LogP contribution in [0.4, 0.5) is 35.1 Å². The number of hydrogen-bond acceptors (Lipinski definition) is 5. The molecule has 0 bridgehead atoms. The predicted molar refractivity (Wildman–Crippen MR) is 148 cm³/mol. The van der Waals surface area contributed by atoms with E-state index in [0.29, 0.717) is 24.6 Å². The lowest BCUT2D eigenvalue weighted by atomic mass is 9.96. The van der Waals surface area contributed by atoms with Crippen molar-refractivity contribution < 1.29 is 49.1 Å². The van der Waals surface area contributed by atoms with Crippen LogP contribution in [0, 0.1) is 0 Å². The van der Waals surface area contributed by atoms with Gasteiger partial charge in [-0.25, -0.2) is 13.6 Å². The largest absolute Gasteiger partial charge is 0.458 e. The van der Waals surface area contributed by atoms with Crippen molar-refractivity contribution in [2.45, 2.75) is 38.2 Å². The standard InChI is InChI=1S/C30H22F8N4O4/c1-4-17(45-18-11-15(29(33,34)35)10-16(12-18)30(36,37)38)9-8-14(2)24-21-22(19-6-5-7-20-25(19)46-27(44)39-20)40-41-23(21)26(43)42(24)13-28(3,31)32/h4-12,24H,2,13H2,1,3H3,(H,39,44)(H,40,41)/b9-8-,17-4+/t24-/m0/s1. The predicted octanol–water partition coefficient (Wildman–Crippen LogP) is 7.80. The van der Waals surface area contributed by atoms with Gasteiger partial charge >= 0.3 is 18.1 Å². The number of carbonyl (C=O) groups is 1. The first-order chi connectivity index (χ1) is 21.4. The average molecular weight is 655 g/mol. The highest BCUT2D eigenvalue weighted by Crippen LogP contribution is 2.45. The van der Waals surface area contributed by atoms with Crippen molar-refractivity contribution in [1.29, 1.82) is 0 Å². The van der Waals surface area contributed by atoms with E-state index in [1.54, 1.807) is 18.2 Å². The number of nitrogens with zero attached hydrogens (tertiary/aromatic N) is 2. The second-order valence-electron chi connectivity index (χ2n) is 10.4. The Bertz CT molecular complexity index is 1930. The Morgan fingerprint density at radius 2 is 1.70 bits per heavy atom. The molecular formula is C30H22F8N4O4. The van der Waals surface area contributed by atoms with Gasteiger partial charge in [-0.1, -0.05) is 18.7 Å². The van der Waals surface area contributed by atoms with Gasteiger partial charge in [-0.2, -0.15) is 31.4 Å². The quantitative estimate of drug-likeness (QED) is 0.115. The summed E-state index contributed by atoms with van der Waals surface area (Å²) in [6.45, 7) is 4.85. The Hall–Kier alpha value is -5.15. The zero-order valence-corrected chi connectivity index (χ0v) is 23.7. The molecule has 46 heavy (non-hydrogen) atoms. The number of amides is 1. The Kier molecular flexibility index (Phi) is 7.95. The topological polar surface area (TPSA) is 104 Å². The summed E-state index contributed by atoms with van der Waals surface area (Å²) in [7, 11) is 0. The number of nitrogens with one attached hydrogen (secondary N) is 2. The highest BCUT2D eigenvalue weighted by Gasteiger charge is 2.46. The normalized spacial score (nSPS) is 16.1. The number of ether oxygens (including phenoxy) is 1. The molecule has 0 radical (unpaired) electrons. The molecule has 242 valence electrons. The van der Waals surface area contributed by atoms with Crippen LogP contribution >= 0.6 is 0 Å². The molecule has 1 atom stereocenters. The summed E-state index contributed by atoms with van der Waals surface area (Å²) in [6, 6.07) is 4.13. The van der Waals surface area contributed by atoms with Gasteiger partial charge in [0, 0.05) is 18.1 Å². The fourth-order valence-electron chi connectivity index (χ4n) is 5.00. The number of hydrogen-bond donors (Lipinski definition) is 2. The summed E-state index contributed by atoms with van der Waals surface area (Å²) < 4.78 is 119. The van der Waals surface area contributed by atoms with Crippen LogP contribution in [0.1, 0.15) is 47.1 Å². The Morgan fingerprint density at radius 3 is 2.28 bits per heavy atom. The molecule has 0 saturated heterocycles. The number of rotatable bonds is 8. The second-order valence-corrected chi connectivity index (χ2v) is 10.4. The lowest BCUT2D eigenvalue weighted by Crippen LogP contribution is -2.38. The van der Waals surface area contributed by atoms with Crippen LogP contribution in [0.5, 0.6) is 5.75 Å². The number of H-pyrrole nitrogens is 2. The van der Waals surface area contributed by atoms with Gasteiger partial charge in [-0.15, -0.1) is 0 Å². The van der Waals surface area contributed by atoms with Gasteiger partial charge in [0.25, 0.3) is 11.8 Å². The number of benzene rings is 2. The Labute approximate surface area is 253 Å². The first kappa shape index (κ1) is 32.2. The molecule has 2 N–H and O–H groups in total. The third kappa shape index (κ3) is 6.32. The fourth-order valence-corrected chi connectivity index (χ4v) is 5.00. The van der Waals surface area contributed by atoms with Crippen molar-refractivity contribution in [1.82, 2.24) is 20.1 Å². The molecule has 5 rings (SSSR count). The van der Waals surface area contributed by atoms with E-state index in [1.165, 1.54) is 19.1 Å². The molecule has 3 heterocycles. The highest BCUT2D eigenvalue weighted by atomic mass is 19.4. The zero-order valence-electron chi connectivity index (χ0n) is 23.7. The van der Waals surface area contributed by atoms with Crippen LogP contribution in [0.2, 0.25) is 0 Å². The minimum atomic E-state index is -5.10. The summed E-state index contributed by atoms with van der Waals surface area (Å²) >= 11 is 0. The van der Waals surface area contributed by atoms with E-state index >= 15 is 0 Å². The minimum absolute atomic E-state index is 0.00432. The number of aromatic nitrogens is 3. The van der Waals surface area contributed by atoms with E-state index in [2.05, 4.69) is 21.8 Å². The molecule has 1 aliphatic heterocycles. The van der Waals surface area contributed by atoms with Crippen LogP contribution in [0.15, 0.2) is 81.7 Å². The number of fused-ring (bicyclic) bond motifs is 2. The highest BCUT2D eigenvalue weighted by molar-refractivity contribution is 6.02. The lowest BCUT2D eigenvalue weighted by molar-refractivity contribution is -0.143. The summed E-state index contributed by atoms with van der Waals surface area (Å²) in [5.41, 5.74) is -2.43. The number of allylic oxidation sites excluding steroid dienone is 2. The van der Waals surface area contributed by atoms with Gasteiger partial charge in [-0.3, -0.25) is 14.9 Å². The minimum Gasteiger partial charge on any atom is -0.458 e. The summed E-state index contributed by atoms with van der Waals surface area (Å²) in [4.78, 5) is 28.5. The number of aromatic amines is 2. The zero-order chi connectivity index (χ0) is 33.8. The lowest BCUT2D eigenvalue weighted by Gasteiger charge is -2.29.